The van der Waals surface area contributed by atoms with Gasteiger partial charge in [0, 0.05) is 37.1 Å². The fourth-order valence-corrected chi connectivity index (χ4v) is 5.23. The van der Waals surface area contributed by atoms with Crippen LogP contribution >= 0.6 is 0 Å². The normalized spacial score (nSPS) is 14.7. The van der Waals surface area contributed by atoms with Gasteiger partial charge in [0.05, 0.1) is 40.1 Å². The lowest BCUT2D eigenvalue weighted by Crippen LogP contribution is -2.35. The van der Waals surface area contributed by atoms with E-state index in [1.807, 2.05) is 44.2 Å². The predicted molar refractivity (Wildman–Crippen MR) is 140 cm³/mol. The highest BCUT2D eigenvalue weighted by molar-refractivity contribution is 7.90. The number of morpholine rings is 1. The quantitative estimate of drug-likeness (QED) is 0.412. The molecule has 1 fully saturated rings. The van der Waals surface area contributed by atoms with E-state index in [2.05, 4.69) is 15.1 Å². The van der Waals surface area contributed by atoms with Crippen LogP contribution in [0.15, 0.2) is 35.5 Å². The Morgan fingerprint density at radius 2 is 1.57 bits per heavy atom. The van der Waals surface area contributed by atoms with Crippen LogP contribution in [-0.4, -0.2) is 82.0 Å². The maximum absolute atomic E-state index is 12.7. The Morgan fingerprint density at radius 1 is 0.946 bits per heavy atom. The fraction of sp³-hybridized carbons (Fsp3) is 0.462. The van der Waals surface area contributed by atoms with E-state index in [4.69, 9.17) is 18.9 Å². The standard InChI is InChI=1S/C26H34N4O6S/c1-17(2)20-15-21(23(34-4)24(35-5)22(20)33-3)25-27-28-26(37(6,31)32)30(25)19-9-7-18(8-10-19)16-29-11-13-36-14-12-29/h7-10,15,17H,11-14,16H2,1-6H3. The summed E-state index contributed by atoms with van der Waals surface area (Å²) in [6.07, 6.45) is 1.12. The van der Waals surface area contributed by atoms with Crippen LogP contribution in [-0.2, 0) is 21.1 Å². The summed E-state index contributed by atoms with van der Waals surface area (Å²) in [5.74, 6) is 1.74. The topological polar surface area (TPSA) is 105 Å². The Hall–Kier alpha value is -3.15. The zero-order valence-electron chi connectivity index (χ0n) is 22.1. The van der Waals surface area contributed by atoms with Gasteiger partial charge in [0.15, 0.2) is 17.3 Å². The lowest BCUT2D eigenvalue weighted by atomic mass is 9.97. The molecule has 0 N–H and O–H groups in total. The molecular formula is C26H34N4O6S. The molecular weight excluding hydrogens is 496 g/mol. The summed E-state index contributed by atoms with van der Waals surface area (Å²) in [6, 6.07) is 9.64. The third-order valence-corrected chi connectivity index (χ3v) is 7.29. The van der Waals surface area contributed by atoms with E-state index < -0.39 is 9.84 Å². The first kappa shape index (κ1) is 26.9. The van der Waals surface area contributed by atoms with Gasteiger partial charge in [-0.05, 0) is 29.7 Å². The van der Waals surface area contributed by atoms with E-state index in [1.165, 1.54) is 14.2 Å². The lowest BCUT2D eigenvalue weighted by molar-refractivity contribution is 0.0342. The number of hydrogen-bond acceptors (Lipinski definition) is 9. The van der Waals surface area contributed by atoms with Crippen molar-refractivity contribution in [3.05, 3.63) is 41.5 Å². The molecule has 11 heteroatoms. The molecule has 1 saturated heterocycles. The van der Waals surface area contributed by atoms with Crippen molar-refractivity contribution in [2.75, 3.05) is 53.9 Å². The molecule has 0 radical (unpaired) electrons. The first-order valence-corrected chi connectivity index (χ1v) is 14.0. The second-order valence-electron chi connectivity index (χ2n) is 9.24. The number of rotatable bonds is 9. The molecule has 0 bridgehead atoms. The number of nitrogens with zero attached hydrogens (tertiary/aromatic N) is 4. The highest BCUT2D eigenvalue weighted by atomic mass is 32.2. The van der Waals surface area contributed by atoms with Gasteiger partial charge in [-0.25, -0.2) is 8.42 Å². The molecule has 10 nitrogen and oxygen atoms in total. The van der Waals surface area contributed by atoms with Gasteiger partial charge in [0.2, 0.25) is 15.6 Å². The summed E-state index contributed by atoms with van der Waals surface area (Å²) in [4.78, 5) is 2.33. The highest BCUT2D eigenvalue weighted by Gasteiger charge is 2.29. The zero-order chi connectivity index (χ0) is 26.7. The molecule has 0 atom stereocenters. The Kier molecular flexibility index (Phi) is 8.05. The number of aromatic nitrogens is 3. The monoisotopic (exact) mass is 530 g/mol. The molecule has 200 valence electrons. The third kappa shape index (κ3) is 5.43. The van der Waals surface area contributed by atoms with E-state index in [0.717, 1.165) is 50.2 Å². The van der Waals surface area contributed by atoms with Gasteiger partial charge < -0.3 is 18.9 Å². The Labute approximate surface area is 218 Å². The number of hydrogen-bond donors (Lipinski definition) is 0. The van der Waals surface area contributed by atoms with Crippen LogP contribution in [0.4, 0.5) is 0 Å². The Morgan fingerprint density at radius 3 is 2.11 bits per heavy atom. The predicted octanol–water partition coefficient (Wildman–Crippen LogP) is 3.32. The molecule has 1 aliphatic heterocycles. The number of ether oxygens (including phenoxy) is 4. The van der Waals surface area contributed by atoms with Gasteiger partial charge in [-0.1, -0.05) is 26.0 Å². The maximum atomic E-state index is 12.7. The van der Waals surface area contributed by atoms with E-state index in [9.17, 15) is 8.42 Å². The van der Waals surface area contributed by atoms with Crippen LogP contribution in [0.25, 0.3) is 17.1 Å². The van der Waals surface area contributed by atoms with Crippen molar-refractivity contribution in [2.45, 2.75) is 31.5 Å². The van der Waals surface area contributed by atoms with Crippen molar-refractivity contribution in [3.63, 3.8) is 0 Å². The second-order valence-corrected chi connectivity index (χ2v) is 11.1. The molecule has 0 amide bonds. The smallest absolute Gasteiger partial charge is 0.254 e. The SMILES string of the molecule is COc1c(-c2nnc(S(C)(=O)=O)n2-c2ccc(CN3CCOCC3)cc2)cc(C(C)C)c(OC)c1OC. The average molecular weight is 531 g/mol. The third-order valence-electron chi connectivity index (χ3n) is 6.36. The molecule has 2 aromatic carbocycles. The number of sulfone groups is 1. The summed E-state index contributed by atoms with van der Waals surface area (Å²) < 4.78 is 49.5. The van der Waals surface area contributed by atoms with Crippen molar-refractivity contribution in [2.24, 2.45) is 0 Å². The molecule has 1 aromatic heterocycles. The summed E-state index contributed by atoms with van der Waals surface area (Å²) in [5, 5.41) is 8.24. The van der Waals surface area contributed by atoms with Gasteiger partial charge >= 0.3 is 0 Å². The van der Waals surface area contributed by atoms with Crippen LogP contribution in [0.2, 0.25) is 0 Å². The fourth-order valence-electron chi connectivity index (χ4n) is 4.52. The van der Waals surface area contributed by atoms with Gasteiger partial charge in [-0.3, -0.25) is 9.47 Å². The van der Waals surface area contributed by atoms with Crippen LogP contribution < -0.4 is 14.2 Å². The zero-order valence-corrected chi connectivity index (χ0v) is 23.0. The molecule has 0 saturated carbocycles. The molecule has 1 aliphatic rings. The second kappa shape index (κ2) is 11.1. The molecule has 2 heterocycles. The molecule has 0 spiro atoms. The Bertz CT molecular complexity index is 1350. The van der Waals surface area contributed by atoms with Gasteiger partial charge in [-0.2, -0.15) is 0 Å². The number of methoxy groups -OCH3 is 3. The molecule has 0 unspecified atom stereocenters. The summed E-state index contributed by atoms with van der Waals surface area (Å²) in [6.45, 7) is 8.08. The van der Waals surface area contributed by atoms with E-state index in [-0.39, 0.29) is 11.1 Å². The average Bonchev–Trinajstić information content (AvgIpc) is 3.34. The number of benzene rings is 2. The van der Waals surface area contributed by atoms with Gasteiger partial charge in [0.1, 0.15) is 0 Å². The van der Waals surface area contributed by atoms with E-state index in [1.54, 1.807) is 11.7 Å². The molecule has 4 rings (SSSR count). The maximum Gasteiger partial charge on any atom is 0.254 e. The minimum Gasteiger partial charge on any atom is -0.492 e. The molecule has 37 heavy (non-hydrogen) atoms. The van der Waals surface area contributed by atoms with Gasteiger partial charge in [0.25, 0.3) is 5.16 Å². The molecule has 0 aliphatic carbocycles. The van der Waals surface area contributed by atoms with Crippen molar-refractivity contribution in [1.29, 1.82) is 0 Å². The van der Waals surface area contributed by atoms with E-state index >= 15 is 0 Å². The molecule has 3 aromatic rings. The van der Waals surface area contributed by atoms with Crippen molar-refractivity contribution in [1.82, 2.24) is 19.7 Å². The van der Waals surface area contributed by atoms with Crippen LogP contribution in [0.1, 0.15) is 30.9 Å². The first-order chi connectivity index (χ1) is 17.7. The lowest BCUT2D eigenvalue weighted by Gasteiger charge is -2.26. The summed E-state index contributed by atoms with van der Waals surface area (Å²) in [5.41, 5.74) is 3.15. The summed E-state index contributed by atoms with van der Waals surface area (Å²) >= 11 is 0. The van der Waals surface area contributed by atoms with Crippen LogP contribution in [0.3, 0.4) is 0 Å². The van der Waals surface area contributed by atoms with Gasteiger partial charge in [-0.15, -0.1) is 10.2 Å². The van der Waals surface area contributed by atoms with Crippen molar-refractivity contribution >= 4 is 9.84 Å². The minimum atomic E-state index is -3.71. The van der Waals surface area contributed by atoms with Crippen LogP contribution in [0.5, 0.6) is 17.2 Å². The van der Waals surface area contributed by atoms with Crippen LogP contribution in [0, 0.1) is 0 Å². The van der Waals surface area contributed by atoms with Crippen molar-refractivity contribution < 1.29 is 27.4 Å². The highest BCUT2D eigenvalue weighted by Crippen LogP contribution is 2.48. The largest absolute Gasteiger partial charge is 0.492 e. The summed E-state index contributed by atoms with van der Waals surface area (Å²) in [7, 11) is 0.927. The van der Waals surface area contributed by atoms with E-state index in [0.29, 0.717) is 34.3 Å². The van der Waals surface area contributed by atoms with Crippen molar-refractivity contribution in [3.8, 4) is 34.3 Å². The Balaban J connectivity index is 1.88. The minimum absolute atomic E-state index is 0.0822. The first-order valence-electron chi connectivity index (χ1n) is 12.1.